The van der Waals surface area contributed by atoms with Crippen LogP contribution in [0.25, 0.3) is 0 Å². The average molecular weight is 453 g/mol. The Morgan fingerprint density at radius 3 is 2.59 bits per heavy atom. The van der Waals surface area contributed by atoms with Crippen LogP contribution in [0.3, 0.4) is 0 Å². The maximum Gasteiger partial charge on any atom is 0.263 e. The van der Waals surface area contributed by atoms with Crippen LogP contribution in [0.5, 0.6) is 5.75 Å². The molecule has 3 rings (SSSR count). The van der Waals surface area contributed by atoms with Crippen molar-refractivity contribution in [1.82, 2.24) is 0 Å². The lowest BCUT2D eigenvalue weighted by molar-refractivity contribution is -0.127. The van der Waals surface area contributed by atoms with E-state index in [-0.39, 0.29) is 17.4 Å². The normalized spacial score (nSPS) is 16.3. The van der Waals surface area contributed by atoms with Crippen LogP contribution in [-0.2, 0) is 14.8 Å². The SMILES string of the molecule is CCN1C(=O)C(C)(C)COc2cc(NS(=O)(=O)c3ccccc3Br)ccc21. The number of sulfonamides is 1. The van der Waals surface area contributed by atoms with Crippen LogP contribution in [-0.4, -0.2) is 27.5 Å². The number of hydrogen-bond acceptors (Lipinski definition) is 4. The molecule has 1 amide bonds. The molecule has 0 atom stereocenters. The van der Waals surface area contributed by atoms with Gasteiger partial charge in [0.2, 0.25) is 5.91 Å². The van der Waals surface area contributed by atoms with Gasteiger partial charge in [0.25, 0.3) is 10.0 Å². The summed E-state index contributed by atoms with van der Waals surface area (Å²) in [6.07, 6.45) is 0. The number of benzene rings is 2. The third kappa shape index (κ3) is 3.82. The predicted octanol–water partition coefficient (Wildman–Crippen LogP) is 4.02. The lowest BCUT2D eigenvalue weighted by atomic mass is 9.93. The maximum atomic E-state index is 12.7. The number of nitrogens with zero attached hydrogens (tertiary/aromatic N) is 1. The molecule has 0 unspecified atom stereocenters. The van der Waals surface area contributed by atoms with E-state index < -0.39 is 15.4 Å². The van der Waals surface area contributed by atoms with Gasteiger partial charge in [-0.2, -0.15) is 0 Å². The smallest absolute Gasteiger partial charge is 0.263 e. The second-order valence-corrected chi connectivity index (χ2v) is 9.45. The molecule has 27 heavy (non-hydrogen) atoms. The van der Waals surface area contributed by atoms with E-state index in [0.717, 1.165) is 0 Å². The van der Waals surface area contributed by atoms with Gasteiger partial charge in [-0.05, 0) is 61.0 Å². The summed E-state index contributed by atoms with van der Waals surface area (Å²) in [5.74, 6) is 0.452. The van der Waals surface area contributed by atoms with Gasteiger partial charge >= 0.3 is 0 Å². The van der Waals surface area contributed by atoms with Crippen LogP contribution >= 0.6 is 15.9 Å². The highest BCUT2D eigenvalue weighted by Crippen LogP contribution is 2.38. The number of halogens is 1. The highest BCUT2D eigenvalue weighted by molar-refractivity contribution is 9.10. The minimum Gasteiger partial charge on any atom is -0.490 e. The summed E-state index contributed by atoms with van der Waals surface area (Å²) in [6.45, 7) is 6.28. The number of amides is 1. The lowest BCUT2D eigenvalue weighted by Gasteiger charge is -2.26. The van der Waals surface area contributed by atoms with Gasteiger partial charge in [-0.3, -0.25) is 9.52 Å². The zero-order valence-electron chi connectivity index (χ0n) is 15.3. The zero-order valence-corrected chi connectivity index (χ0v) is 17.7. The van der Waals surface area contributed by atoms with Crippen molar-refractivity contribution in [2.75, 3.05) is 22.8 Å². The summed E-state index contributed by atoms with van der Waals surface area (Å²) in [5, 5.41) is 0. The van der Waals surface area contributed by atoms with Crippen molar-refractivity contribution in [1.29, 1.82) is 0 Å². The quantitative estimate of drug-likeness (QED) is 0.759. The van der Waals surface area contributed by atoms with Crippen molar-refractivity contribution in [2.24, 2.45) is 5.41 Å². The second-order valence-electron chi connectivity index (χ2n) is 6.94. The highest BCUT2D eigenvalue weighted by Gasteiger charge is 2.37. The summed E-state index contributed by atoms with van der Waals surface area (Å²) < 4.78 is 34.3. The molecule has 0 aliphatic carbocycles. The average Bonchev–Trinajstić information content (AvgIpc) is 2.70. The summed E-state index contributed by atoms with van der Waals surface area (Å²) >= 11 is 3.26. The van der Waals surface area contributed by atoms with Gasteiger partial charge in [0.15, 0.2) is 0 Å². The molecule has 1 N–H and O–H groups in total. The van der Waals surface area contributed by atoms with Gasteiger partial charge in [0.05, 0.1) is 16.8 Å². The number of anilines is 2. The van der Waals surface area contributed by atoms with Crippen molar-refractivity contribution in [3.8, 4) is 5.75 Å². The van der Waals surface area contributed by atoms with Crippen LogP contribution in [0.4, 0.5) is 11.4 Å². The number of fused-ring (bicyclic) bond motifs is 1. The van der Waals surface area contributed by atoms with Gasteiger partial charge in [-0.25, -0.2) is 8.42 Å². The summed E-state index contributed by atoms with van der Waals surface area (Å²) in [5.41, 5.74) is 0.341. The first-order valence-electron chi connectivity index (χ1n) is 8.52. The summed E-state index contributed by atoms with van der Waals surface area (Å²) in [4.78, 5) is 14.5. The van der Waals surface area contributed by atoms with E-state index in [2.05, 4.69) is 20.7 Å². The molecule has 1 heterocycles. The lowest BCUT2D eigenvalue weighted by Crippen LogP contribution is -2.42. The molecule has 2 aromatic rings. The molecule has 144 valence electrons. The molecule has 0 fully saturated rings. The monoisotopic (exact) mass is 452 g/mol. The van der Waals surface area contributed by atoms with E-state index in [9.17, 15) is 13.2 Å². The van der Waals surface area contributed by atoms with Crippen LogP contribution < -0.4 is 14.4 Å². The number of ether oxygens (including phenoxy) is 1. The Bertz CT molecular complexity index is 989. The fraction of sp³-hybridized carbons (Fsp3) is 0.316. The minimum absolute atomic E-state index is 0.0229. The topological polar surface area (TPSA) is 75.7 Å². The van der Waals surface area contributed by atoms with E-state index in [0.29, 0.717) is 28.1 Å². The van der Waals surface area contributed by atoms with Crippen molar-refractivity contribution in [3.63, 3.8) is 0 Å². The number of rotatable bonds is 4. The summed E-state index contributed by atoms with van der Waals surface area (Å²) in [7, 11) is -3.77. The second kappa shape index (κ2) is 7.16. The molecule has 0 radical (unpaired) electrons. The molecule has 6 nitrogen and oxygen atoms in total. The Kier molecular flexibility index (Phi) is 5.22. The largest absolute Gasteiger partial charge is 0.490 e. The van der Waals surface area contributed by atoms with Crippen LogP contribution in [0.1, 0.15) is 20.8 Å². The van der Waals surface area contributed by atoms with Gasteiger partial charge in [0, 0.05) is 17.1 Å². The number of hydrogen-bond donors (Lipinski definition) is 1. The van der Waals surface area contributed by atoms with Gasteiger partial charge < -0.3 is 9.64 Å². The molecular weight excluding hydrogens is 432 g/mol. The van der Waals surface area contributed by atoms with Crippen LogP contribution in [0, 0.1) is 5.41 Å². The molecule has 0 bridgehead atoms. The van der Waals surface area contributed by atoms with E-state index in [1.165, 1.54) is 6.07 Å². The Hall–Kier alpha value is -2.06. The van der Waals surface area contributed by atoms with E-state index in [1.54, 1.807) is 41.3 Å². The molecule has 0 spiro atoms. The fourth-order valence-corrected chi connectivity index (χ4v) is 4.95. The zero-order chi connectivity index (χ0) is 19.8. The molecule has 8 heteroatoms. The first kappa shape index (κ1) is 19.7. The molecule has 1 aliphatic rings. The van der Waals surface area contributed by atoms with Gasteiger partial charge in [-0.1, -0.05) is 12.1 Å². The van der Waals surface area contributed by atoms with Crippen molar-refractivity contribution in [2.45, 2.75) is 25.7 Å². The Labute approximate surface area is 167 Å². The molecule has 0 saturated carbocycles. The first-order chi connectivity index (χ1) is 12.7. The van der Waals surface area contributed by atoms with E-state index in [1.807, 2.05) is 20.8 Å². The molecule has 1 aliphatic heterocycles. The highest BCUT2D eigenvalue weighted by atomic mass is 79.9. The maximum absolute atomic E-state index is 12.7. The number of carbonyl (C=O) groups excluding carboxylic acids is 1. The Morgan fingerprint density at radius 1 is 1.22 bits per heavy atom. The van der Waals surface area contributed by atoms with Gasteiger partial charge in [-0.15, -0.1) is 0 Å². The first-order valence-corrected chi connectivity index (χ1v) is 10.8. The van der Waals surface area contributed by atoms with Crippen molar-refractivity contribution < 1.29 is 17.9 Å². The summed E-state index contributed by atoms with van der Waals surface area (Å²) in [6, 6.07) is 11.5. The molecule has 2 aromatic carbocycles. The molecule has 0 saturated heterocycles. The number of nitrogens with one attached hydrogen (secondary N) is 1. The van der Waals surface area contributed by atoms with Gasteiger partial charge in [0.1, 0.15) is 17.3 Å². The standard InChI is InChI=1S/C19H21BrN2O4S/c1-4-22-15-10-9-13(11-16(15)26-12-19(2,3)18(22)23)21-27(24,25)17-8-6-5-7-14(17)20/h5-11,21H,4,12H2,1-3H3. The van der Waals surface area contributed by atoms with Crippen molar-refractivity contribution >= 4 is 43.2 Å². The minimum atomic E-state index is -3.77. The van der Waals surface area contributed by atoms with E-state index in [4.69, 9.17) is 4.74 Å². The molecular formula is C19H21BrN2O4S. The Balaban J connectivity index is 1.97. The van der Waals surface area contributed by atoms with Crippen LogP contribution in [0.15, 0.2) is 51.8 Å². The third-order valence-electron chi connectivity index (χ3n) is 4.36. The fourth-order valence-electron chi connectivity index (χ4n) is 2.90. The molecule has 0 aromatic heterocycles. The van der Waals surface area contributed by atoms with Crippen LogP contribution in [0.2, 0.25) is 0 Å². The van der Waals surface area contributed by atoms with E-state index >= 15 is 0 Å². The number of carbonyl (C=O) groups is 1. The third-order valence-corrected chi connectivity index (χ3v) is 6.75. The predicted molar refractivity (Wildman–Crippen MR) is 109 cm³/mol. The Morgan fingerprint density at radius 2 is 1.93 bits per heavy atom. The van der Waals surface area contributed by atoms with Crippen molar-refractivity contribution in [3.05, 3.63) is 46.9 Å².